The number of nitrogens with one attached hydrogen (secondary N) is 2. The second kappa shape index (κ2) is 10.1. The number of carbonyl (C=O) groups is 1. The molecule has 1 saturated carbocycles. The third kappa shape index (κ3) is 5.56. The van der Waals surface area contributed by atoms with Crippen LogP contribution in [-0.2, 0) is 16.8 Å². The molecule has 34 heavy (non-hydrogen) atoms. The first kappa shape index (κ1) is 24.2. The fraction of sp³-hybridized carbons (Fsp3) is 0.423. The highest BCUT2D eigenvalue weighted by Gasteiger charge is 2.44. The molecule has 2 aliphatic rings. The van der Waals surface area contributed by atoms with Gasteiger partial charge in [0, 0.05) is 25.1 Å². The molecule has 6 nitrogen and oxygen atoms in total. The second-order valence-corrected chi connectivity index (χ2v) is 9.31. The van der Waals surface area contributed by atoms with Crippen molar-refractivity contribution in [1.29, 1.82) is 0 Å². The number of fused-ring (bicyclic) bond motifs is 1. The number of hydrazone groups is 1. The molecule has 0 bridgehead atoms. The Balaban J connectivity index is 1.53. The van der Waals surface area contributed by atoms with Crippen molar-refractivity contribution in [3.63, 3.8) is 0 Å². The zero-order chi connectivity index (χ0) is 24.3. The standard InChI is InChI=1S/C26H30F2N4O2/c1-17(33)30-24(12-18-10-21(27)13-22(28)11-18)25(34)15-29-26(20-6-4-3-5-7-20)9-8-23-19(14-26)16-32(2)31-23/h3-7,10-11,13,16,19,24-25,29,34H,8-9,12,14-15H2,1-2H3/p+1. The van der Waals surface area contributed by atoms with Crippen LogP contribution < -0.4 is 10.6 Å². The van der Waals surface area contributed by atoms with E-state index in [1.165, 1.54) is 24.8 Å². The van der Waals surface area contributed by atoms with Crippen molar-refractivity contribution in [3.8, 4) is 0 Å². The van der Waals surface area contributed by atoms with E-state index in [9.17, 15) is 18.7 Å². The molecule has 2 aromatic rings. The third-order valence-corrected chi connectivity index (χ3v) is 6.69. The van der Waals surface area contributed by atoms with E-state index in [0.29, 0.717) is 5.56 Å². The summed E-state index contributed by atoms with van der Waals surface area (Å²) in [6.45, 7) is 1.56. The molecule has 4 rings (SSSR count). The Kier molecular flexibility index (Phi) is 7.19. The molecule has 1 fully saturated rings. The van der Waals surface area contributed by atoms with Crippen LogP contribution >= 0.6 is 0 Å². The number of hydrogen-bond acceptors (Lipinski definition) is 4. The largest absolute Gasteiger partial charge is 0.390 e. The summed E-state index contributed by atoms with van der Waals surface area (Å²) in [5.41, 5.74) is 2.29. The maximum Gasteiger partial charge on any atom is 0.217 e. The first-order chi connectivity index (χ1) is 16.2. The van der Waals surface area contributed by atoms with Gasteiger partial charge < -0.3 is 15.7 Å². The van der Waals surface area contributed by atoms with Gasteiger partial charge in [0.1, 0.15) is 11.6 Å². The van der Waals surface area contributed by atoms with Gasteiger partial charge in [-0.3, -0.25) is 4.79 Å². The SMILES string of the molecule is CC(=O)NC(Cc1cc(F)cc(F)c1)C(O)CNC1(c2ccccc2)CCC2=N[N+](C)=CC2C1. The first-order valence-electron chi connectivity index (χ1n) is 11.6. The summed E-state index contributed by atoms with van der Waals surface area (Å²) >= 11 is 0. The van der Waals surface area contributed by atoms with Crippen LogP contribution in [-0.4, -0.2) is 53.4 Å². The minimum Gasteiger partial charge on any atom is -0.390 e. The van der Waals surface area contributed by atoms with Crippen molar-refractivity contribution < 1.29 is 23.4 Å². The topological polar surface area (TPSA) is 76.7 Å². The van der Waals surface area contributed by atoms with Gasteiger partial charge in [0.2, 0.25) is 5.91 Å². The summed E-state index contributed by atoms with van der Waals surface area (Å²) in [6.07, 6.45) is 3.70. The Labute approximate surface area is 198 Å². The van der Waals surface area contributed by atoms with Crippen molar-refractivity contribution in [3.05, 3.63) is 71.3 Å². The van der Waals surface area contributed by atoms with Gasteiger partial charge in [0.25, 0.3) is 0 Å². The fourth-order valence-electron chi connectivity index (χ4n) is 5.13. The van der Waals surface area contributed by atoms with E-state index in [-0.39, 0.29) is 30.3 Å². The van der Waals surface area contributed by atoms with Crippen molar-refractivity contribution >= 4 is 17.8 Å². The molecule has 0 aromatic heterocycles. The molecule has 0 saturated heterocycles. The predicted octanol–water partition coefficient (Wildman–Crippen LogP) is 2.74. The molecule has 0 spiro atoms. The molecule has 8 heteroatoms. The van der Waals surface area contributed by atoms with Gasteiger partial charge in [-0.25, -0.2) is 8.78 Å². The summed E-state index contributed by atoms with van der Waals surface area (Å²) in [5.74, 6) is -1.49. The van der Waals surface area contributed by atoms with Crippen LogP contribution in [0.5, 0.6) is 0 Å². The lowest BCUT2D eigenvalue weighted by Gasteiger charge is -2.41. The Morgan fingerprint density at radius 1 is 1.24 bits per heavy atom. The Hall–Kier alpha value is -2.97. The van der Waals surface area contributed by atoms with Gasteiger partial charge in [-0.15, -0.1) is 0 Å². The molecule has 1 amide bonds. The molecular weight excluding hydrogens is 438 g/mol. The van der Waals surface area contributed by atoms with Crippen LogP contribution in [0.1, 0.15) is 37.3 Å². The number of aliphatic hydroxyl groups is 1. The fourth-order valence-corrected chi connectivity index (χ4v) is 5.13. The molecule has 2 aromatic carbocycles. The second-order valence-electron chi connectivity index (χ2n) is 9.31. The van der Waals surface area contributed by atoms with E-state index in [1.54, 1.807) is 0 Å². The molecule has 1 aliphatic heterocycles. The number of amides is 1. The highest BCUT2D eigenvalue weighted by atomic mass is 19.1. The van der Waals surface area contributed by atoms with E-state index < -0.39 is 23.8 Å². The highest BCUT2D eigenvalue weighted by Crippen LogP contribution is 2.39. The summed E-state index contributed by atoms with van der Waals surface area (Å²) in [6, 6.07) is 12.7. The average molecular weight is 470 g/mol. The highest BCUT2D eigenvalue weighted by molar-refractivity contribution is 5.99. The Morgan fingerprint density at radius 2 is 1.94 bits per heavy atom. The van der Waals surface area contributed by atoms with Crippen LogP contribution in [0, 0.1) is 17.6 Å². The summed E-state index contributed by atoms with van der Waals surface area (Å²) in [5, 5.41) is 22.0. The number of nitrogens with zero attached hydrogens (tertiary/aromatic N) is 2. The minimum absolute atomic E-state index is 0.105. The van der Waals surface area contributed by atoms with Gasteiger partial charge in [0.05, 0.1) is 23.8 Å². The maximum atomic E-state index is 13.7. The van der Waals surface area contributed by atoms with Crippen molar-refractivity contribution in [2.45, 2.75) is 50.3 Å². The quantitative estimate of drug-likeness (QED) is 0.521. The first-order valence-corrected chi connectivity index (χ1v) is 11.6. The number of rotatable bonds is 8. The summed E-state index contributed by atoms with van der Waals surface area (Å²) in [7, 11) is 1.93. The van der Waals surface area contributed by atoms with E-state index in [2.05, 4.69) is 34.1 Å². The molecule has 0 radical (unpaired) electrons. The van der Waals surface area contributed by atoms with Gasteiger partial charge in [-0.05, 0) is 54.0 Å². The van der Waals surface area contributed by atoms with E-state index >= 15 is 0 Å². The number of aliphatic hydroxyl groups excluding tert-OH is 1. The van der Waals surface area contributed by atoms with Crippen LogP contribution in [0.3, 0.4) is 0 Å². The van der Waals surface area contributed by atoms with Gasteiger partial charge >= 0.3 is 0 Å². The number of hydrogen-bond donors (Lipinski definition) is 3. The van der Waals surface area contributed by atoms with Gasteiger partial charge in [0.15, 0.2) is 13.3 Å². The molecular formula is C26H31F2N4O2+. The number of halogens is 2. The summed E-state index contributed by atoms with van der Waals surface area (Å²) < 4.78 is 29.2. The van der Waals surface area contributed by atoms with Crippen molar-refractivity contribution in [2.75, 3.05) is 13.6 Å². The minimum atomic E-state index is -0.971. The summed E-state index contributed by atoms with van der Waals surface area (Å²) in [4.78, 5) is 11.8. The Morgan fingerprint density at radius 3 is 2.62 bits per heavy atom. The van der Waals surface area contributed by atoms with E-state index in [0.717, 1.165) is 30.9 Å². The van der Waals surface area contributed by atoms with Crippen LogP contribution in [0.25, 0.3) is 0 Å². The predicted molar refractivity (Wildman–Crippen MR) is 127 cm³/mol. The van der Waals surface area contributed by atoms with Crippen molar-refractivity contribution in [1.82, 2.24) is 10.6 Å². The smallest absolute Gasteiger partial charge is 0.217 e. The molecule has 1 heterocycles. The maximum absolute atomic E-state index is 13.7. The third-order valence-electron chi connectivity index (χ3n) is 6.69. The van der Waals surface area contributed by atoms with E-state index in [1.807, 2.05) is 29.9 Å². The Bertz CT molecular complexity index is 1080. The zero-order valence-corrected chi connectivity index (χ0v) is 19.5. The van der Waals surface area contributed by atoms with Gasteiger partial charge in [-0.2, -0.15) is 0 Å². The molecule has 1 aliphatic carbocycles. The average Bonchev–Trinajstić information content (AvgIpc) is 3.15. The van der Waals surface area contributed by atoms with Crippen LogP contribution in [0.15, 0.2) is 53.6 Å². The zero-order valence-electron chi connectivity index (χ0n) is 19.5. The van der Waals surface area contributed by atoms with Crippen LogP contribution in [0.2, 0.25) is 0 Å². The molecule has 4 atom stereocenters. The molecule has 4 unspecified atom stereocenters. The number of carbonyl (C=O) groups excluding carboxylic acids is 1. The van der Waals surface area contributed by atoms with Crippen LogP contribution in [0.4, 0.5) is 8.78 Å². The number of benzene rings is 2. The lowest BCUT2D eigenvalue weighted by atomic mass is 9.71. The lowest BCUT2D eigenvalue weighted by Crippen LogP contribution is -2.54. The normalized spacial score (nSPS) is 23.5. The molecule has 3 N–H and O–H groups in total. The molecule has 180 valence electrons. The monoisotopic (exact) mass is 469 g/mol. The van der Waals surface area contributed by atoms with Gasteiger partial charge in [-0.1, -0.05) is 35.0 Å². The van der Waals surface area contributed by atoms with Crippen molar-refractivity contribution in [2.24, 2.45) is 11.0 Å². The van der Waals surface area contributed by atoms with E-state index in [4.69, 9.17) is 0 Å². The lowest BCUT2D eigenvalue weighted by molar-refractivity contribution is -0.495.